The average Bonchev–Trinajstić information content (AvgIpc) is 2.46. The van der Waals surface area contributed by atoms with E-state index in [9.17, 15) is 9.59 Å². The molecular formula is C15H18BrNO3. The largest absolute Gasteiger partial charge is 0.469 e. The first-order valence-corrected chi connectivity index (χ1v) is 7.45. The Bertz CT molecular complexity index is 530. The second-order valence-corrected chi connectivity index (χ2v) is 5.95. The Hall–Kier alpha value is -1.36. The number of aryl methyl sites for hydroxylation is 1. The van der Waals surface area contributed by atoms with Crippen molar-refractivity contribution < 1.29 is 14.3 Å². The molecule has 1 aliphatic rings. The molecule has 0 spiro atoms. The molecule has 1 heterocycles. The second-order valence-electron chi connectivity index (χ2n) is 5.10. The van der Waals surface area contributed by atoms with Crippen LogP contribution in [-0.4, -0.2) is 37.0 Å². The van der Waals surface area contributed by atoms with Crippen molar-refractivity contribution >= 4 is 27.8 Å². The van der Waals surface area contributed by atoms with Crippen LogP contribution in [-0.2, 0) is 9.53 Å². The van der Waals surface area contributed by atoms with Gasteiger partial charge in [0.25, 0.3) is 5.91 Å². The number of hydrogen-bond acceptors (Lipinski definition) is 3. The number of halogens is 1. The molecule has 5 heteroatoms. The summed E-state index contributed by atoms with van der Waals surface area (Å²) in [4.78, 5) is 25.9. The third kappa shape index (κ3) is 3.20. The van der Waals surface area contributed by atoms with E-state index in [1.54, 1.807) is 4.90 Å². The van der Waals surface area contributed by atoms with E-state index in [0.717, 1.165) is 22.9 Å². The Morgan fingerprint density at radius 1 is 1.40 bits per heavy atom. The molecular weight excluding hydrogens is 322 g/mol. The summed E-state index contributed by atoms with van der Waals surface area (Å²) in [5, 5.41) is 0. The molecule has 0 bridgehead atoms. The minimum Gasteiger partial charge on any atom is -0.469 e. The molecule has 108 valence electrons. The van der Waals surface area contributed by atoms with E-state index >= 15 is 0 Å². The molecule has 0 N–H and O–H groups in total. The Balaban J connectivity index is 2.14. The first-order valence-electron chi connectivity index (χ1n) is 6.66. The number of likely N-dealkylation sites (tertiary alicyclic amines) is 1. The van der Waals surface area contributed by atoms with Gasteiger partial charge in [-0.15, -0.1) is 0 Å². The summed E-state index contributed by atoms with van der Waals surface area (Å²) in [5.74, 6) is -0.474. The lowest BCUT2D eigenvalue weighted by molar-refractivity contribution is -0.146. The summed E-state index contributed by atoms with van der Waals surface area (Å²) in [7, 11) is 1.39. The zero-order chi connectivity index (χ0) is 14.7. The van der Waals surface area contributed by atoms with Gasteiger partial charge in [-0.2, -0.15) is 0 Å². The highest BCUT2D eigenvalue weighted by Crippen LogP contribution is 2.24. The van der Waals surface area contributed by atoms with Gasteiger partial charge < -0.3 is 9.64 Å². The standard InChI is InChI=1S/C15H18BrNO3/c1-10-5-6-12(13(16)8-10)14(18)17-7-3-4-11(9-17)15(19)20-2/h5-6,8,11H,3-4,7,9H2,1-2H3. The number of rotatable bonds is 2. The van der Waals surface area contributed by atoms with Gasteiger partial charge in [-0.1, -0.05) is 6.07 Å². The molecule has 0 aromatic heterocycles. The molecule has 4 nitrogen and oxygen atoms in total. The Morgan fingerprint density at radius 3 is 2.80 bits per heavy atom. The smallest absolute Gasteiger partial charge is 0.310 e. The van der Waals surface area contributed by atoms with Crippen LogP contribution in [0.2, 0.25) is 0 Å². The lowest BCUT2D eigenvalue weighted by Gasteiger charge is -2.31. The summed E-state index contributed by atoms with van der Waals surface area (Å²) < 4.78 is 5.57. The maximum absolute atomic E-state index is 12.5. The van der Waals surface area contributed by atoms with E-state index < -0.39 is 0 Å². The van der Waals surface area contributed by atoms with Gasteiger partial charge in [-0.25, -0.2) is 0 Å². The predicted molar refractivity (Wildman–Crippen MR) is 79.5 cm³/mol. The lowest BCUT2D eigenvalue weighted by atomic mass is 9.97. The number of benzene rings is 1. The molecule has 1 aromatic carbocycles. The third-order valence-electron chi connectivity index (χ3n) is 3.60. The average molecular weight is 340 g/mol. The molecule has 1 amide bonds. The summed E-state index contributed by atoms with van der Waals surface area (Å²) >= 11 is 3.43. The van der Waals surface area contributed by atoms with Gasteiger partial charge in [0.15, 0.2) is 0 Å². The van der Waals surface area contributed by atoms with Crippen LogP contribution in [0.1, 0.15) is 28.8 Å². The van der Waals surface area contributed by atoms with Crippen LogP contribution in [0, 0.1) is 12.8 Å². The molecule has 0 saturated carbocycles. The molecule has 1 fully saturated rings. The van der Waals surface area contributed by atoms with E-state index in [-0.39, 0.29) is 17.8 Å². The highest BCUT2D eigenvalue weighted by molar-refractivity contribution is 9.10. The zero-order valence-corrected chi connectivity index (χ0v) is 13.3. The van der Waals surface area contributed by atoms with E-state index in [2.05, 4.69) is 15.9 Å². The first-order chi connectivity index (χ1) is 9.52. The van der Waals surface area contributed by atoms with Crippen LogP contribution in [0.3, 0.4) is 0 Å². The number of esters is 1. The third-order valence-corrected chi connectivity index (χ3v) is 4.25. The molecule has 1 saturated heterocycles. The van der Waals surface area contributed by atoms with Gasteiger partial charge in [0, 0.05) is 17.6 Å². The Kier molecular flexibility index (Phi) is 4.81. The quantitative estimate of drug-likeness (QED) is 0.778. The van der Waals surface area contributed by atoms with Gasteiger partial charge >= 0.3 is 5.97 Å². The van der Waals surface area contributed by atoms with Gasteiger partial charge in [-0.05, 0) is 53.4 Å². The molecule has 1 aromatic rings. The van der Waals surface area contributed by atoms with Crippen LogP contribution in [0.5, 0.6) is 0 Å². The fourth-order valence-electron chi connectivity index (χ4n) is 2.48. The number of piperidine rings is 1. The number of methoxy groups -OCH3 is 1. The van der Waals surface area contributed by atoms with Crippen molar-refractivity contribution in [2.45, 2.75) is 19.8 Å². The van der Waals surface area contributed by atoms with E-state index in [1.807, 2.05) is 25.1 Å². The first kappa shape index (κ1) is 15.0. The summed E-state index contributed by atoms with van der Waals surface area (Å²) in [5.41, 5.74) is 1.74. The maximum Gasteiger partial charge on any atom is 0.310 e. The van der Waals surface area contributed by atoms with Crippen LogP contribution in [0.25, 0.3) is 0 Å². The van der Waals surface area contributed by atoms with Crippen molar-refractivity contribution in [3.05, 3.63) is 33.8 Å². The monoisotopic (exact) mass is 339 g/mol. The van der Waals surface area contributed by atoms with E-state index in [4.69, 9.17) is 4.74 Å². The van der Waals surface area contributed by atoms with Gasteiger partial charge in [0.1, 0.15) is 0 Å². The van der Waals surface area contributed by atoms with Gasteiger partial charge in [0.2, 0.25) is 0 Å². The molecule has 1 atom stereocenters. The summed E-state index contributed by atoms with van der Waals surface area (Å²) in [6.07, 6.45) is 1.61. The van der Waals surface area contributed by atoms with Crippen LogP contribution in [0.4, 0.5) is 0 Å². The number of nitrogens with zero attached hydrogens (tertiary/aromatic N) is 1. The summed E-state index contributed by atoms with van der Waals surface area (Å²) in [6, 6.07) is 5.66. The number of ether oxygens (including phenoxy) is 1. The molecule has 20 heavy (non-hydrogen) atoms. The number of carbonyl (C=O) groups is 2. The molecule has 1 unspecified atom stereocenters. The van der Waals surface area contributed by atoms with Crippen molar-refractivity contribution in [3.8, 4) is 0 Å². The number of amides is 1. The SMILES string of the molecule is COC(=O)C1CCCN(C(=O)c2ccc(C)cc2Br)C1. The van der Waals surface area contributed by atoms with Crippen molar-refractivity contribution in [3.63, 3.8) is 0 Å². The van der Waals surface area contributed by atoms with Crippen molar-refractivity contribution in [2.75, 3.05) is 20.2 Å². The molecule has 0 radical (unpaired) electrons. The Morgan fingerprint density at radius 2 is 2.15 bits per heavy atom. The van der Waals surface area contributed by atoms with Crippen molar-refractivity contribution in [1.82, 2.24) is 4.90 Å². The van der Waals surface area contributed by atoms with Gasteiger partial charge in [0.05, 0.1) is 18.6 Å². The topological polar surface area (TPSA) is 46.6 Å². The fraction of sp³-hybridized carbons (Fsp3) is 0.467. The molecule has 2 rings (SSSR count). The molecule has 0 aliphatic carbocycles. The van der Waals surface area contributed by atoms with Crippen molar-refractivity contribution in [2.24, 2.45) is 5.92 Å². The zero-order valence-electron chi connectivity index (χ0n) is 11.7. The van der Waals surface area contributed by atoms with Gasteiger partial charge in [-0.3, -0.25) is 9.59 Å². The highest BCUT2D eigenvalue weighted by Gasteiger charge is 2.30. The number of carbonyl (C=O) groups excluding carboxylic acids is 2. The number of hydrogen-bond donors (Lipinski definition) is 0. The van der Waals surface area contributed by atoms with E-state index in [1.165, 1.54) is 7.11 Å². The van der Waals surface area contributed by atoms with Crippen LogP contribution in [0.15, 0.2) is 22.7 Å². The maximum atomic E-state index is 12.5. The normalized spacial score (nSPS) is 18.8. The fourth-order valence-corrected chi connectivity index (χ4v) is 3.15. The van der Waals surface area contributed by atoms with Crippen LogP contribution >= 0.6 is 15.9 Å². The minimum atomic E-state index is -0.231. The second kappa shape index (κ2) is 6.39. The summed E-state index contributed by atoms with van der Waals surface area (Å²) in [6.45, 7) is 3.10. The Labute approximate surface area is 127 Å². The molecule has 1 aliphatic heterocycles. The van der Waals surface area contributed by atoms with Crippen LogP contribution < -0.4 is 0 Å². The van der Waals surface area contributed by atoms with Crippen molar-refractivity contribution in [1.29, 1.82) is 0 Å². The minimum absolute atomic E-state index is 0.0366. The highest BCUT2D eigenvalue weighted by atomic mass is 79.9. The lowest BCUT2D eigenvalue weighted by Crippen LogP contribution is -2.42. The predicted octanol–water partition coefficient (Wildman–Crippen LogP) is 2.78. The van der Waals surface area contributed by atoms with E-state index in [0.29, 0.717) is 18.7 Å².